The second kappa shape index (κ2) is 5.09. The van der Waals surface area contributed by atoms with E-state index >= 15 is 0 Å². The third-order valence-corrected chi connectivity index (χ3v) is 2.79. The van der Waals surface area contributed by atoms with Crippen LogP contribution >= 0.6 is 15.9 Å². The largest absolute Gasteiger partial charge is 0.404 e. The van der Waals surface area contributed by atoms with Crippen LogP contribution in [0.1, 0.15) is 6.42 Å². The average Bonchev–Trinajstić information content (AvgIpc) is 2.88. The predicted molar refractivity (Wildman–Crippen MR) is 63.4 cm³/mol. The van der Waals surface area contributed by atoms with Crippen LogP contribution in [0, 0.1) is 10.1 Å². The molecule has 17 heavy (non-hydrogen) atoms. The Balaban J connectivity index is 1.91. The summed E-state index contributed by atoms with van der Waals surface area (Å²) >= 11 is 3.11. The molecule has 7 nitrogen and oxygen atoms in total. The smallest absolute Gasteiger partial charge is 0.358 e. The molecule has 0 aliphatic rings. The van der Waals surface area contributed by atoms with Crippen LogP contribution in [-0.4, -0.2) is 24.3 Å². The molecule has 0 bridgehead atoms. The van der Waals surface area contributed by atoms with Crippen molar-refractivity contribution in [3.8, 4) is 0 Å². The van der Waals surface area contributed by atoms with E-state index in [1.807, 2.05) is 10.8 Å². The van der Waals surface area contributed by atoms with Gasteiger partial charge in [-0.3, -0.25) is 0 Å². The first-order valence-corrected chi connectivity index (χ1v) is 5.79. The van der Waals surface area contributed by atoms with Gasteiger partial charge >= 0.3 is 5.82 Å². The van der Waals surface area contributed by atoms with Gasteiger partial charge in [0.2, 0.25) is 0 Å². The zero-order valence-electron chi connectivity index (χ0n) is 8.86. The maximum absolute atomic E-state index is 10.6. The highest BCUT2D eigenvalue weighted by atomic mass is 79.9. The van der Waals surface area contributed by atoms with E-state index in [-0.39, 0.29) is 5.82 Å². The first kappa shape index (κ1) is 11.8. The van der Waals surface area contributed by atoms with Crippen molar-refractivity contribution in [1.29, 1.82) is 0 Å². The number of hydrogen-bond donors (Lipinski definition) is 0. The topological polar surface area (TPSA) is 78.8 Å². The summed E-state index contributed by atoms with van der Waals surface area (Å²) in [6, 6.07) is 0. The molecule has 0 spiro atoms. The molecule has 2 aromatic rings. The minimum atomic E-state index is -0.504. The van der Waals surface area contributed by atoms with Crippen molar-refractivity contribution < 1.29 is 4.92 Å². The Bertz CT molecular complexity index is 507. The fourth-order valence-electron chi connectivity index (χ4n) is 1.46. The molecule has 0 aliphatic carbocycles. The minimum Gasteiger partial charge on any atom is -0.358 e. The summed E-state index contributed by atoms with van der Waals surface area (Å²) in [6.07, 6.45) is 7.78. The van der Waals surface area contributed by atoms with E-state index < -0.39 is 4.92 Å². The average molecular weight is 300 g/mol. The van der Waals surface area contributed by atoms with Crippen molar-refractivity contribution in [2.24, 2.45) is 0 Å². The molecule has 0 fully saturated rings. The monoisotopic (exact) mass is 299 g/mol. The van der Waals surface area contributed by atoms with Gasteiger partial charge in [0.05, 0.1) is 24.2 Å². The van der Waals surface area contributed by atoms with E-state index in [2.05, 4.69) is 26.0 Å². The Kier molecular flexibility index (Phi) is 3.52. The number of aryl methyl sites for hydroxylation is 2. The normalized spacial score (nSPS) is 10.6. The van der Waals surface area contributed by atoms with Gasteiger partial charge in [-0.2, -0.15) is 4.68 Å². The maximum Gasteiger partial charge on any atom is 0.404 e. The van der Waals surface area contributed by atoms with Gasteiger partial charge in [0.25, 0.3) is 0 Å². The van der Waals surface area contributed by atoms with E-state index in [0.29, 0.717) is 11.0 Å². The van der Waals surface area contributed by atoms with Crippen molar-refractivity contribution in [3.05, 3.63) is 39.5 Å². The zero-order chi connectivity index (χ0) is 12.3. The Morgan fingerprint density at radius 3 is 2.88 bits per heavy atom. The number of nitrogens with zero attached hydrogens (tertiary/aromatic N) is 5. The number of imidazole rings is 1. The second-order valence-corrected chi connectivity index (χ2v) is 4.33. The third kappa shape index (κ3) is 2.90. The van der Waals surface area contributed by atoms with Gasteiger partial charge in [-0.15, -0.1) is 0 Å². The van der Waals surface area contributed by atoms with Crippen molar-refractivity contribution in [3.63, 3.8) is 0 Å². The van der Waals surface area contributed by atoms with Crippen molar-refractivity contribution in [2.75, 3.05) is 0 Å². The molecule has 0 atom stereocenters. The lowest BCUT2D eigenvalue weighted by atomic mass is 10.4. The van der Waals surface area contributed by atoms with E-state index in [1.54, 1.807) is 23.4 Å². The molecule has 0 saturated heterocycles. The Morgan fingerprint density at radius 1 is 1.47 bits per heavy atom. The maximum atomic E-state index is 10.6. The Hall–Kier alpha value is -1.70. The molecule has 90 valence electrons. The Labute approximate surface area is 105 Å². The Morgan fingerprint density at radius 2 is 2.29 bits per heavy atom. The third-order valence-electron chi connectivity index (χ3n) is 2.23. The summed E-state index contributed by atoms with van der Waals surface area (Å²) in [6.45, 7) is 1.44. The van der Waals surface area contributed by atoms with Crippen LogP contribution in [0.15, 0.2) is 29.4 Å². The lowest BCUT2D eigenvalue weighted by Crippen LogP contribution is -2.03. The van der Waals surface area contributed by atoms with Crippen LogP contribution in [0.4, 0.5) is 5.82 Å². The van der Waals surface area contributed by atoms with Crippen LogP contribution in [0.3, 0.4) is 0 Å². The summed E-state index contributed by atoms with van der Waals surface area (Å²) < 4.78 is 3.93. The number of halogens is 1. The highest BCUT2D eigenvalue weighted by molar-refractivity contribution is 9.10. The van der Waals surface area contributed by atoms with Gasteiger partial charge in [-0.1, -0.05) is 0 Å². The SMILES string of the molecule is O=[N+]([O-])c1nn(CCCn2ccnc2)cc1Br. The first-order chi connectivity index (χ1) is 8.16. The molecule has 0 saturated carbocycles. The summed E-state index contributed by atoms with van der Waals surface area (Å²) in [5.74, 6) is -0.146. The zero-order valence-corrected chi connectivity index (χ0v) is 10.4. The molecule has 0 aliphatic heterocycles. The standard InChI is InChI=1S/C9H10BrN5O2/c10-8-6-14(12-9(8)15(16)17)4-1-3-13-5-2-11-7-13/h2,5-7H,1,3-4H2. The van der Waals surface area contributed by atoms with Gasteiger partial charge in [0.1, 0.15) is 4.47 Å². The van der Waals surface area contributed by atoms with Crippen LogP contribution < -0.4 is 0 Å². The van der Waals surface area contributed by atoms with Gasteiger partial charge < -0.3 is 14.7 Å². The van der Waals surface area contributed by atoms with Crippen LogP contribution in [0.5, 0.6) is 0 Å². The van der Waals surface area contributed by atoms with E-state index in [9.17, 15) is 10.1 Å². The second-order valence-electron chi connectivity index (χ2n) is 3.47. The molecule has 2 rings (SSSR count). The van der Waals surface area contributed by atoms with Crippen LogP contribution in [0.25, 0.3) is 0 Å². The molecule has 0 unspecified atom stereocenters. The highest BCUT2D eigenvalue weighted by Gasteiger charge is 2.17. The lowest BCUT2D eigenvalue weighted by molar-refractivity contribution is -0.390. The van der Waals surface area contributed by atoms with E-state index in [4.69, 9.17) is 0 Å². The van der Waals surface area contributed by atoms with E-state index in [1.165, 1.54) is 0 Å². The molecule has 0 N–H and O–H groups in total. The number of nitro groups is 1. The summed E-state index contributed by atoms with van der Waals surface area (Å²) in [4.78, 5) is 14.0. The fourth-order valence-corrected chi connectivity index (χ4v) is 1.92. The number of rotatable bonds is 5. The van der Waals surface area contributed by atoms with Crippen molar-refractivity contribution in [2.45, 2.75) is 19.5 Å². The summed E-state index contributed by atoms with van der Waals surface area (Å²) in [5.41, 5.74) is 0. The summed E-state index contributed by atoms with van der Waals surface area (Å²) in [7, 11) is 0. The molecule has 2 heterocycles. The van der Waals surface area contributed by atoms with Crippen molar-refractivity contribution in [1.82, 2.24) is 19.3 Å². The first-order valence-electron chi connectivity index (χ1n) is 5.00. The molecule has 2 aromatic heterocycles. The van der Waals surface area contributed by atoms with Crippen molar-refractivity contribution >= 4 is 21.7 Å². The van der Waals surface area contributed by atoms with Gasteiger partial charge in [0, 0.05) is 18.9 Å². The lowest BCUT2D eigenvalue weighted by Gasteiger charge is -1.99. The van der Waals surface area contributed by atoms with Gasteiger partial charge in [-0.05, 0) is 27.3 Å². The molecular weight excluding hydrogens is 290 g/mol. The minimum absolute atomic E-state index is 0.146. The quantitative estimate of drug-likeness (QED) is 0.623. The summed E-state index contributed by atoms with van der Waals surface area (Å²) in [5, 5.41) is 14.5. The predicted octanol–water partition coefficient (Wildman–Crippen LogP) is 1.84. The number of aromatic nitrogens is 4. The van der Waals surface area contributed by atoms with Crippen LogP contribution in [-0.2, 0) is 13.1 Å². The fraction of sp³-hybridized carbons (Fsp3) is 0.333. The molecular formula is C9H10BrN5O2. The van der Waals surface area contributed by atoms with Gasteiger partial charge in [0.15, 0.2) is 0 Å². The molecule has 0 radical (unpaired) electrons. The van der Waals surface area contributed by atoms with Crippen LogP contribution in [0.2, 0.25) is 0 Å². The van der Waals surface area contributed by atoms with E-state index in [0.717, 1.165) is 13.0 Å². The molecule has 8 heteroatoms. The highest BCUT2D eigenvalue weighted by Crippen LogP contribution is 2.21. The molecule has 0 amide bonds. The number of hydrogen-bond acceptors (Lipinski definition) is 4. The van der Waals surface area contributed by atoms with Gasteiger partial charge in [-0.25, -0.2) is 4.98 Å². The molecule has 0 aromatic carbocycles.